The second-order valence-corrected chi connectivity index (χ2v) is 5.86. The second kappa shape index (κ2) is 7.94. The Kier molecular flexibility index (Phi) is 5.45. The first-order valence-corrected chi connectivity index (χ1v) is 8.06. The zero-order valence-corrected chi connectivity index (χ0v) is 14.1. The molecule has 2 aromatic rings. The summed E-state index contributed by atoms with van der Waals surface area (Å²) < 4.78 is 13.4. The van der Waals surface area contributed by atoms with Gasteiger partial charge >= 0.3 is 6.03 Å². The van der Waals surface area contributed by atoms with Crippen LogP contribution in [0.15, 0.2) is 47.8 Å². The van der Waals surface area contributed by atoms with Crippen molar-refractivity contribution >= 4 is 24.0 Å². The Hall–Kier alpha value is -2.67. The molecule has 1 aliphatic heterocycles. The molecule has 6 nitrogen and oxygen atoms in total. The number of rotatable bonds is 6. The molecule has 1 aliphatic rings. The van der Waals surface area contributed by atoms with Gasteiger partial charge in [-0.05, 0) is 17.7 Å². The molecule has 1 fully saturated rings. The molecule has 2 heterocycles. The first kappa shape index (κ1) is 17.2. The molecule has 1 aromatic heterocycles. The molecule has 0 saturated carbocycles. The summed E-state index contributed by atoms with van der Waals surface area (Å²) in [5.41, 5.74) is 1.30. The number of oxime groups is 1. The van der Waals surface area contributed by atoms with Crippen LogP contribution >= 0.6 is 11.6 Å². The fraction of sp³-hybridized carbons (Fsp3) is 0.235. The van der Waals surface area contributed by atoms with E-state index in [0.717, 1.165) is 5.56 Å². The zero-order chi connectivity index (χ0) is 17.6. The topological polar surface area (TPSA) is 58.0 Å². The molecule has 1 aromatic carbocycles. The predicted octanol–water partition coefficient (Wildman–Crippen LogP) is 3.27. The van der Waals surface area contributed by atoms with Crippen LogP contribution in [0, 0.1) is 5.82 Å². The summed E-state index contributed by atoms with van der Waals surface area (Å²) in [6, 6.07) is 9.65. The van der Waals surface area contributed by atoms with Crippen molar-refractivity contribution in [3.8, 4) is 0 Å². The maximum absolute atomic E-state index is 13.4. The van der Waals surface area contributed by atoms with E-state index in [1.54, 1.807) is 35.4 Å². The van der Waals surface area contributed by atoms with Gasteiger partial charge in [0, 0.05) is 31.4 Å². The summed E-state index contributed by atoms with van der Waals surface area (Å²) in [4.78, 5) is 24.5. The van der Waals surface area contributed by atoms with Crippen LogP contribution in [0.25, 0.3) is 0 Å². The zero-order valence-electron chi connectivity index (χ0n) is 13.3. The number of carbonyl (C=O) groups excluding carboxylic acids is 1. The minimum atomic E-state index is -0.349. The first-order chi connectivity index (χ1) is 12.1. The Morgan fingerprint density at radius 3 is 2.88 bits per heavy atom. The van der Waals surface area contributed by atoms with Crippen molar-refractivity contribution in [1.82, 2.24) is 14.8 Å². The molecule has 0 unspecified atom stereocenters. The Bertz CT molecular complexity index is 769. The molecule has 2 amide bonds. The fourth-order valence-electron chi connectivity index (χ4n) is 2.39. The first-order valence-electron chi connectivity index (χ1n) is 7.68. The van der Waals surface area contributed by atoms with E-state index in [-0.39, 0.29) is 18.5 Å². The number of halogens is 2. The maximum Gasteiger partial charge on any atom is 0.325 e. The van der Waals surface area contributed by atoms with Crippen molar-refractivity contribution in [1.29, 1.82) is 0 Å². The molecule has 1 saturated heterocycles. The lowest BCUT2D eigenvalue weighted by molar-refractivity contribution is 0.126. The number of hydrogen-bond donors (Lipinski definition) is 0. The Balaban J connectivity index is 1.50. The number of carbonyl (C=O) groups is 1. The highest BCUT2D eigenvalue weighted by atomic mass is 35.5. The number of urea groups is 1. The minimum Gasteiger partial charge on any atom is -0.390 e. The molecule has 25 heavy (non-hydrogen) atoms. The average Bonchev–Trinajstić information content (AvgIpc) is 2.95. The van der Waals surface area contributed by atoms with Crippen LogP contribution in [0.5, 0.6) is 0 Å². The van der Waals surface area contributed by atoms with Crippen LogP contribution in [-0.4, -0.2) is 40.2 Å². The molecule has 0 N–H and O–H groups in total. The van der Waals surface area contributed by atoms with Gasteiger partial charge in [0.2, 0.25) is 0 Å². The smallest absolute Gasteiger partial charge is 0.325 e. The summed E-state index contributed by atoms with van der Waals surface area (Å²) in [7, 11) is 0. The van der Waals surface area contributed by atoms with Crippen LogP contribution < -0.4 is 0 Å². The van der Waals surface area contributed by atoms with Crippen molar-refractivity contribution in [2.45, 2.75) is 13.2 Å². The maximum atomic E-state index is 13.4. The summed E-state index contributed by atoms with van der Waals surface area (Å²) in [5.74, 6) is -0.349. The van der Waals surface area contributed by atoms with E-state index in [1.165, 1.54) is 17.3 Å². The van der Waals surface area contributed by atoms with Gasteiger partial charge in [0.25, 0.3) is 0 Å². The van der Waals surface area contributed by atoms with E-state index < -0.39 is 0 Å². The number of pyridine rings is 1. The van der Waals surface area contributed by atoms with Gasteiger partial charge in [-0.1, -0.05) is 41.0 Å². The molecule has 130 valence electrons. The third-order valence-electron chi connectivity index (χ3n) is 3.73. The lowest BCUT2D eigenvalue weighted by Crippen LogP contribution is -2.30. The number of nitrogens with zero attached hydrogens (tertiary/aromatic N) is 4. The quantitative estimate of drug-likeness (QED) is 0.343. The van der Waals surface area contributed by atoms with Gasteiger partial charge in [-0.2, -0.15) is 0 Å². The summed E-state index contributed by atoms with van der Waals surface area (Å²) in [6.07, 6.45) is 2.97. The van der Waals surface area contributed by atoms with Crippen LogP contribution in [0.4, 0.5) is 9.18 Å². The minimum absolute atomic E-state index is 0.00532. The predicted molar refractivity (Wildman–Crippen MR) is 91.4 cm³/mol. The van der Waals surface area contributed by atoms with E-state index in [9.17, 15) is 9.18 Å². The number of benzene rings is 1. The highest BCUT2D eigenvalue weighted by molar-refractivity contribution is 6.29. The van der Waals surface area contributed by atoms with Crippen molar-refractivity contribution in [2.24, 2.45) is 5.16 Å². The van der Waals surface area contributed by atoms with Gasteiger partial charge in [0.1, 0.15) is 23.9 Å². The highest BCUT2D eigenvalue weighted by Gasteiger charge is 2.27. The standard InChI is InChI=1S/C17H16ClFN4O2/c18-16-6-5-13(9-20-16)10-22-7-8-23(17(22)24)12-21-25-11-14-3-1-2-4-15(14)19/h1-6,9,12H,7-8,10-11H2. The average molecular weight is 363 g/mol. The van der Waals surface area contributed by atoms with Crippen LogP contribution in [0.2, 0.25) is 5.15 Å². The summed E-state index contributed by atoms with van der Waals surface area (Å²) in [5, 5.41) is 4.16. The van der Waals surface area contributed by atoms with Gasteiger partial charge in [0.05, 0.1) is 0 Å². The fourth-order valence-corrected chi connectivity index (χ4v) is 2.50. The molecule has 0 spiro atoms. The van der Waals surface area contributed by atoms with E-state index in [1.807, 2.05) is 6.07 Å². The third kappa shape index (κ3) is 4.45. The van der Waals surface area contributed by atoms with E-state index >= 15 is 0 Å². The molecule has 3 rings (SSSR count). The molecule has 8 heteroatoms. The van der Waals surface area contributed by atoms with Gasteiger partial charge in [-0.15, -0.1) is 0 Å². The lowest BCUT2D eigenvalue weighted by atomic mass is 10.2. The van der Waals surface area contributed by atoms with Gasteiger partial charge in [-0.3, -0.25) is 4.90 Å². The van der Waals surface area contributed by atoms with Crippen LogP contribution in [0.1, 0.15) is 11.1 Å². The molecule has 0 atom stereocenters. The van der Waals surface area contributed by atoms with Crippen molar-refractivity contribution in [2.75, 3.05) is 13.1 Å². The van der Waals surface area contributed by atoms with Gasteiger partial charge < -0.3 is 9.74 Å². The number of hydrogen-bond acceptors (Lipinski definition) is 4. The molecule has 0 bridgehead atoms. The van der Waals surface area contributed by atoms with Gasteiger partial charge in [0.15, 0.2) is 0 Å². The largest absolute Gasteiger partial charge is 0.390 e. The van der Waals surface area contributed by atoms with E-state index in [4.69, 9.17) is 16.4 Å². The van der Waals surface area contributed by atoms with Crippen molar-refractivity contribution in [3.63, 3.8) is 0 Å². The monoisotopic (exact) mass is 362 g/mol. The Morgan fingerprint density at radius 2 is 2.12 bits per heavy atom. The van der Waals surface area contributed by atoms with Crippen molar-refractivity contribution < 1.29 is 14.0 Å². The van der Waals surface area contributed by atoms with Crippen LogP contribution in [-0.2, 0) is 18.0 Å². The third-order valence-corrected chi connectivity index (χ3v) is 3.95. The Labute approximate surface area is 149 Å². The number of amides is 2. The van der Waals surface area contributed by atoms with Crippen molar-refractivity contribution in [3.05, 3.63) is 64.7 Å². The van der Waals surface area contributed by atoms with E-state index in [2.05, 4.69) is 10.1 Å². The number of aromatic nitrogens is 1. The molecular formula is C17H16ClFN4O2. The molecule has 0 radical (unpaired) electrons. The second-order valence-electron chi connectivity index (χ2n) is 5.47. The van der Waals surface area contributed by atoms with Gasteiger partial charge in [-0.25, -0.2) is 14.2 Å². The highest BCUT2D eigenvalue weighted by Crippen LogP contribution is 2.13. The summed E-state index contributed by atoms with van der Waals surface area (Å²) >= 11 is 5.75. The Morgan fingerprint density at radius 1 is 1.28 bits per heavy atom. The molecule has 0 aliphatic carbocycles. The van der Waals surface area contributed by atoms with Crippen LogP contribution in [0.3, 0.4) is 0 Å². The normalized spacial score (nSPS) is 14.6. The lowest BCUT2D eigenvalue weighted by Gasteiger charge is -2.15. The SMILES string of the molecule is O=C1N(C=NOCc2ccccc2F)CCN1Cc1ccc(Cl)nc1. The summed E-state index contributed by atoms with van der Waals surface area (Å²) in [6.45, 7) is 1.53. The van der Waals surface area contributed by atoms with E-state index in [0.29, 0.717) is 30.4 Å². The molecular weight excluding hydrogens is 347 g/mol.